The van der Waals surface area contributed by atoms with E-state index in [9.17, 15) is 9.59 Å². The van der Waals surface area contributed by atoms with Gasteiger partial charge in [-0.2, -0.15) is 0 Å². The van der Waals surface area contributed by atoms with Crippen molar-refractivity contribution < 1.29 is 4.79 Å². The largest absolute Gasteiger partial charge is 0.356 e. The van der Waals surface area contributed by atoms with Crippen LogP contribution in [0.1, 0.15) is 40.5 Å². The number of fused-ring (bicyclic) bond motifs is 4. The highest BCUT2D eigenvalue weighted by Gasteiger charge is 2.26. The number of carbonyl (C=O) groups excluding carboxylic acids is 1. The number of H-pyrrole nitrogens is 1. The summed E-state index contributed by atoms with van der Waals surface area (Å²) < 4.78 is 1.57. The van der Waals surface area contributed by atoms with Gasteiger partial charge in [0.15, 0.2) is 0 Å². The number of hydrogen-bond acceptors (Lipinski definition) is 2. The molecular formula is C23H21N3O2. The molecule has 2 heterocycles. The van der Waals surface area contributed by atoms with Gasteiger partial charge in [-0.15, -0.1) is 0 Å². The number of aromatic nitrogens is 2. The number of hydrogen-bond donors (Lipinski definition) is 2. The van der Waals surface area contributed by atoms with Gasteiger partial charge >= 0.3 is 0 Å². The van der Waals surface area contributed by atoms with E-state index in [1.807, 2.05) is 36.4 Å². The minimum Gasteiger partial charge on any atom is -0.356 e. The van der Waals surface area contributed by atoms with Crippen LogP contribution < -0.4 is 10.9 Å². The summed E-state index contributed by atoms with van der Waals surface area (Å²) in [4.78, 5) is 29.0. The quantitative estimate of drug-likeness (QED) is 0.562. The van der Waals surface area contributed by atoms with Crippen LogP contribution in [-0.2, 0) is 13.5 Å². The Morgan fingerprint density at radius 1 is 1.11 bits per heavy atom. The van der Waals surface area contributed by atoms with Crippen molar-refractivity contribution in [3.8, 4) is 0 Å². The van der Waals surface area contributed by atoms with Crippen LogP contribution in [0.3, 0.4) is 0 Å². The van der Waals surface area contributed by atoms with Gasteiger partial charge in [0.25, 0.3) is 11.5 Å². The molecular weight excluding hydrogens is 350 g/mol. The van der Waals surface area contributed by atoms with E-state index in [1.165, 1.54) is 17.0 Å². The Morgan fingerprint density at radius 2 is 1.86 bits per heavy atom. The Bertz CT molecular complexity index is 1280. The number of rotatable bonds is 2. The zero-order valence-electron chi connectivity index (χ0n) is 15.7. The van der Waals surface area contributed by atoms with Gasteiger partial charge in [0.2, 0.25) is 0 Å². The third kappa shape index (κ3) is 2.54. The third-order valence-corrected chi connectivity index (χ3v) is 5.82. The summed E-state index contributed by atoms with van der Waals surface area (Å²) in [5, 5.41) is 5.19. The molecule has 2 N–H and O–H groups in total. The van der Waals surface area contributed by atoms with Crippen molar-refractivity contribution in [1.82, 2.24) is 14.9 Å². The lowest BCUT2D eigenvalue weighted by Gasteiger charge is -2.24. The molecule has 1 atom stereocenters. The van der Waals surface area contributed by atoms with Crippen molar-refractivity contribution in [2.75, 3.05) is 0 Å². The first kappa shape index (κ1) is 16.8. The van der Waals surface area contributed by atoms with Crippen LogP contribution in [-0.4, -0.2) is 15.5 Å². The summed E-state index contributed by atoms with van der Waals surface area (Å²) in [5.41, 5.74) is 4.50. The number of aryl methyl sites for hydroxylation is 2. The predicted molar refractivity (Wildman–Crippen MR) is 111 cm³/mol. The molecule has 5 rings (SSSR count). The molecule has 1 amide bonds. The van der Waals surface area contributed by atoms with Crippen LogP contribution in [0.2, 0.25) is 0 Å². The number of aromatic amines is 1. The van der Waals surface area contributed by atoms with E-state index in [0.717, 1.165) is 41.4 Å². The zero-order valence-corrected chi connectivity index (χ0v) is 15.7. The maximum Gasteiger partial charge on any atom is 0.252 e. The van der Waals surface area contributed by atoms with Crippen molar-refractivity contribution in [2.24, 2.45) is 7.05 Å². The lowest BCUT2D eigenvalue weighted by Crippen LogP contribution is -2.32. The molecule has 140 valence electrons. The van der Waals surface area contributed by atoms with Crippen LogP contribution in [0, 0.1) is 0 Å². The molecule has 28 heavy (non-hydrogen) atoms. The fraction of sp³-hybridized carbons (Fsp3) is 0.217. The standard InChI is InChI=1S/C23H21N3O2/c1-26-20-12-5-3-8-15(20)17(13-21(26)27)23(28)25-19-11-6-9-16-14-7-2-4-10-18(14)24-22(16)19/h2-5,7-8,10,12-13,19,24H,6,9,11H2,1H3,(H,25,28)/t19-/m1/s1. The molecule has 5 nitrogen and oxygen atoms in total. The Morgan fingerprint density at radius 3 is 2.71 bits per heavy atom. The Labute approximate surface area is 162 Å². The minimum atomic E-state index is -0.203. The van der Waals surface area contributed by atoms with E-state index >= 15 is 0 Å². The van der Waals surface area contributed by atoms with Crippen molar-refractivity contribution >= 4 is 27.7 Å². The van der Waals surface area contributed by atoms with Crippen molar-refractivity contribution in [1.29, 1.82) is 0 Å². The third-order valence-electron chi connectivity index (χ3n) is 5.82. The second kappa shape index (κ2) is 6.37. The predicted octanol–water partition coefficient (Wildman–Crippen LogP) is 3.83. The monoisotopic (exact) mass is 371 g/mol. The molecule has 5 heteroatoms. The van der Waals surface area contributed by atoms with Crippen molar-refractivity contribution in [3.63, 3.8) is 0 Å². The highest BCUT2D eigenvalue weighted by Crippen LogP contribution is 2.34. The lowest BCUT2D eigenvalue weighted by molar-refractivity contribution is 0.0933. The van der Waals surface area contributed by atoms with Gasteiger partial charge in [0.1, 0.15) is 0 Å². The normalized spacial score (nSPS) is 16.2. The molecule has 4 aromatic rings. The van der Waals surface area contributed by atoms with E-state index in [4.69, 9.17) is 0 Å². The van der Waals surface area contributed by atoms with E-state index in [-0.39, 0.29) is 17.5 Å². The summed E-state index contributed by atoms with van der Waals surface area (Å²) in [6.45, 7) is 0. The summed E-state index contributed by atoms with van der Waals surface area (Å²) in [6.07, 6.45) is 2.92. The number of carbonyl (C=O) groups is 1. The molecule has 0 radical (unpaired) electrons. The van der Waals surface area contributed by atoms with Gasteiger partial charge in [0, 0.05) is 35.1 Å². The number of nitrogens with one attached hydrogen (secondary N) is 2. The molecule has 2 aromatic carbocycles. The molecule has 2 aromatic heterocycles. The van der Waals surface area contributed by atoms with Crippen LogP contribution in [0.4, 0.5) is 0 Å². The molecule has 0 saturated carbocycles. The molecule has 0 bridgehead atoms. The lowest BCUT2D eigenvalue weighted by atomic mass is 9.91. The zero-order chi connectivity index (χ0) is 19.3. The SMILES string of the molecule is Cn1c(=O)cc(C(=O)N[C@@H]2CCCc3c2[nH]c2ccccc32)c2ccccc21. The molecule has 1 aliphatic carbocycles. The first-order chi connectivity index (χ1) is 13.6. The first-order valence-corrected chi connectivity index (χ1v) is 9.62. The van der Waals surface area contributed by atoms with Crippen molar-refractivity contribution in [3.05, 3.63) is 81.8 Å². The second-order valence-electron chi connectivity index (χ2n) is 7.45. The molecule has 0 saturated heterocycles. The van der Waals surface area contributed by atoms with Gasteiger partial charge in [-0.3, -0.25) is 9.59 Å². The van der Waals surface area contributed by atoms with Gasteiger partial charge in [0.05, 0.1) is 17.1 Å². The maximum atomic E-state index is 13.1. The van der Waals surface area contributed by atoms with Gasteiger partial charge in [-0.05, 0) is 37.0 Å². The van der Waals surface area contributed by atoms with Crippen LogP contribution in [0.5, 0.6) is 0 Å². The molecule has 0 aliphatic heterocycles. The second-order valence-corrected chi connectivity index (χ2v) is 7.45. The molecule has 0 unspecified atom stereocenters. The Kier molecular flexibility index (Phi) is 3.83. The minimum absolute atomic E-state index is 0.0773. The fourth-order valence-electron chi connectivity index (χ4n) is 4.39. The summed E-state index contributed by atoms with van der Waals surface area (Å²) >= 11 is 0. The van der Waals surface area contributed by atoms with Crippen LogP contribution in [0.15, 0.2) is 59.4 Å². The van der Waals surface area contributed by atoms with E-state index in [1.54, 1.807) is 11.6 Å². The number of pyridine rings is 1. The average molecular weight is 371 g/mol. The Balaban J connectivity index is 1.55. The highest BCUT2D eigenvalue weighted by atomic mass is 16.2. The molecule has 0 fully saturated rings. The van der Waals surface area contributed by atoms with Crippen LogP contribution >= 0.6 is 0 Å². The number of para-hydroxylation sites is 2. The van der Waals surface area contributed by atoms with Gasteiger partial charge in [-0.1, -0.05) is 36.4 Å². The summed E-state index contributed by atoms with van der Waals surface area (Å²) in [5.74, 6) is -0.203. The average Bonchev–Trinajstić information content (AvgIpc) is 3.10. The highest BCUT2D eigenvalue weighted by molar-refractivity contribution is 6.06. The Hall–Kier alpha value is -3.34. The fourth-order valence-corrected chi connectivity index (χ4v) is 4.39. The van der Waals surface area contributed by atoms with E-state index in [2.05, 4.69) is 22.4 Å². The topological polar surface area (TPSA) is 66.9 Å². The molecule has 0 spiro atoms. The molecule has 1 aliphatic rings. The van der Waals surface area contributed by atoms with Gasteiger partial charge in [-0.25, -0.2) is 0 Å². The van der Waals surface area contributed by atoms with Crippen LogP contribution in [0.25, 0.3) is 21.8 Å². The van der Waals surface area contributed by atoms with E-state index in [0.29, 0.717) is 5.56 Å². The summed E-state index contributed by atoms with van der Waals surface area (Å²) in [7, 11) is 1.73. The van der Waals surface area contributed by atoms with Crippen molar-refractivity contribution in [2.45, 2.75) is 25.3 Å². The smallest absolute Gasteiger partial charge is 0.252 e. The van der Waals surface area contributed by atoms with Gasteiger partial charge < -0.3 is 14.9 Å². The number of amides is 1. The maximum absolute atomic E-state index is 13.1. The number of benzene rings is 2. The number of nitrogens with zero attached hydrogens (tertiary/aromatic N) is 1. The van der Waals surface area contributed by atoms with E-state index < -0.39 is 0 Å². The summed E-state index contributed by atoms with van der Waals surface area (Å²) in [6, 6.07) is 17.1. The first-order valence-electron chi connectivity index (χ1n) is 9.62.